The van der Waals surface area contributed by atoms with Crippen molar-refractivity contribution in [3.63, 3.8) is 0 Å². The van der Waals surface area contributed by atoms with Crippen molar-refractivity contribution in [3.05, 3.63) is 30.5 Å². The summed E-state index contributed by atoms with van der Waals surface area (Å²) in [6.45, 7) is 3.80. The smallest absolute Gasteiger partial charge is 0.279 e. The molecule has 3 N–H and O–H groups in total. The van der Waals surface area contributed by atoms with E-state index < -0.39 is 0 Å². The number of benzene rings is 1. The fourth-order valence-corrected chi connectivity index (χ4v) is 2.43. The first-order chi connectivity index (χ1) is 9.33. The number of amides is 1. The number of aromatic nitrogens is 1. The molecule has 5 heteroatoms. The predicted octanol–water partition coefficient (Wildman–Crippen LogP) is 0.0215. The molecular formula is C14H18N3O2+. The van der Waals surface area contributed by atoms with Crippen molar-refractivity contribution in [1.82, 2.24) is 4.98 Å². The number of rotatable bonds is 3. The summed E-state index contributed by atoms with van der Waals surface area (Å²) < 4.78 is 5.29. The van der Waals surface area contributed by atoms with Crippen molar-refractivity contribution in [2.24, 2.45) is 0 Å². The summed E-state index contributed by atoms with van der Waals surface area (Å²) in [6, 6.07) is 7.95. The van der Waals surface area contributed by atoms with E-state index in [1.165, 1.54) is 4.90 Å². The molecule has 1 aliphatic rings. The predicted molar refractivity (Wildman–Crippen MR) is 73.3 cm³/mol. The highest BCUT2D eigenvalue weighted by Crippen LogP contribution is 2.21. The molecule has 0 aliphatic carbocycles. The summed E-state index contributed by atoms with van der Waals surface area (Å²) in [5.74, 6) is 0.0571. The molecule has 0 radical (unpaired) electrons. The molecule has 0 saturated carbocycles. The van der Waals surface area contributed by atoms with E-state index in [4.69, 9.17) is 4.74 Å². The zero-order valence-electron chi connectivity index (χ0n) is 10.7. The maximum atomic E-state index is 12.0. The Labute approximate surface area is 111 Å². The number of morpholine rings is 1. The Morgan fingerprint density at radius 3 is 2.95 bits per heavy atom. The van der Waals surface area contributed by atoms with Gasteiger partial charge in [0.25, 0.3) is 5.91 Å². The van der Waals surface area contributed by atoms with Crippen LogP contribution in [-0.4, -0.2) is 43.7 Å². The average molecular weight is 260 g/mol. The zero-order valence-corrected chi connectivity index (χ0v) is 10.7. The number of fused-ring (bicyclic) bond motifs is 1. The third-order valence-corrected chi connectivity index (χ3v) is 3.47. The van der Waals surface area contributed by atoms with Crippen LogP contribution in [0.5, 0.6) is 0 Å². The van der Waals surface area contributed by atoms with E-state index in [1.54, 1.807) is 0 Å². The Morgan fingerprint density at radius 2 is 2.11 bits per heavy atom. The number of para-hydroxylation sites is 1. The molecular weight excluding hydrogens is 242 g/mol. The van der Waals surface area contributed by atoms with Crippen LogP contribution in [0.4, 0.5) is 5.69 Å². The molecule has 0 bridgehead atoms. The van der Waals surface area contributed by atoms with Crippen molar-refractivity contribution in [2.75, 3.05) is 38.2 Å². The molecule has 5 nitrogen and oxygen atoms in total. The van der Waals surface area contributed by atoms with Gasteiger partial charge in [-0.2, -0.15) is 0 Å². The second-order valence-electron chi connectivity index (χ2n) is 4.84. The lowest BCUT2D eigenvalue weighted by atomic mass is 10.2. The average Bonchev–Trinajstić information content (AvgIpc) is 2.83. The van der Waals surface area contributed by atoms with Gasteiger partial charge < -0.3 is 19.9 Å². The van der Waals surface area contributed by atoms with Crippen molar-refractivity contribution in [3.8, 4) is 0 Å². The number of nitrogens with one attached hydrogen (secondary N) is 3. The van der Waals surface area contributed by atoms with E-state index in [9.17, 15) is 4.79 Å². The summed E-state index contributed by atoms with van der Waals surface area (Å²) in [5.41, 5.74) is 1.89. The Balaban J connectivity index is 1.65. The maximum Gasteiger partial charge on any atom is 0.279 e. The monoisotopic (exact) mass is 260 g/mol. The van der Waals surface area contributed by atoms with E-state index in [1.807, 2.05) is 30.5 Å². The molecule has 0 atom stereocenters. The lowest BCUT2D eigenvalue weighted by molar-refractivity contribution is -0.899. The van der Waals surface area contributed by atoms with Gasteiger partial charge in [0, 0.05) is 17.1 Å². The third-order valence-electron chi connectivity index (χ3n) is 3.47. The number of aromatic amines is 1. The minimum absolute atomic E-state index is 0.0571. The van der Waals surface area contributed by atoms with Crippen LogP contribution in [-0.2, 0) is 9.53 Å². The number of ether oxygens (including phenoxy) is 1. The van der Waals surface area contributed by atoms with Crippen LogP contribution in [0.25, 0.3) is 10.9 Å². The summed E-state index contributed by atoms with van der Waals surface area (Å²) in [4.78, 5) is 16.5. The van der Waals surface area contributed by atoms with Crippen molar-refractivity contribution in [1.29, 1.82) is 0 Å². The van der Waals surface area contributed by atoms with Gasteiger partial charge in [-0.3, -0.25) is 4.79 Å². The topological polar surface area (TPSA) is 58.6 Å². The third kappa shape index (κ3) is 2.77. The molecule has 19 heavy (non-hydrogen) atoms. The summed E-state index contributed by atoms with van der Waals surface area (Å²) in [5, 5.41) is 4.03. The lowest BCUT2D eigenvalue weighted by Gasteiger charge is -2.22. The normalized spacial score (nSPS) is 16.6. The molecule has 0 spiro atoms. The van der Waals surface area contributed by atoms with E-state index in [0.717, 1.165) is 42.9 Å². The van der Waals surface area contributed by atoms with Gasteiger partial charge in [0.1, 0.15) is 13.1 Å². The highest BCUT2D eigenvalue weighted by atomic mass is 16.5. The first-order valence-electron chi connectivity index (χ1n) is 6.60. The van der Waals surface area contributed by atoms with Gasteiger partial charge >= 0.3 is 0 Å². The first-order valence-corrected chi connectivity index (χ1v) is 6.60. The second-order valence-corrected chi connectivity index (χ2v) is 4.84. The van der Waals surface area contributed by atoms with E-state index in [-0.39, 0.29) is 5.91 Å². The minimum Gasteiger partial charge on any atom is -0.370 e. The van der Waals surface area contributed by atoms with Crippen LogP contribution in [0.1, 0.15) is 0 Å². The van der Waals surface area contributed by atoms with Crippen LogP contribution >= 0.6 is 0 Å². The zero-order chi connectivity index (χ0) is 13.1. The Hall–Kier alpha value is -1.85. The molecule has 1 aromatic carbocycles. The van der Waals surface area contributed by atoms with Crippen LogP contribution in [0, 0.1) is 0 Å². The van der Waals surface area contributed by atoms with Crippen LogP contribution in [0.15, 0.2) is 30.5 Å². The Kier molecular flexibility index (Phi) is 3.48. The lowest BCUT2D eigenvalue weighted by Crippen LogP contribution is -3.15. The SMILES string of the molecule is O=C(C[NH+]1CCOCC1)Nc1c[nH]c2ccccc12. The molecule has 2 aromatic rings. The molecule has 0 unspecified atom stereocenters. The number of H-pyrrole nitrogens is 1. The molecule has 1 saturated heterocycles. The quantitative estimate of drug-likeness (QED) is 0.729. The summed E-state index contributed by atoms with van der Waals surface area (Å²) in [7, 11) is 0. The summed E-state index contributed by atoms with van der Waals surface area (Å²) >= 11 is 0. The molecule has 1 aliphatic heterocycles. The maximum absolute atomic E-state index is 12.0. The van der Waals surface area contributed by atoms with Gasteiger partial charge in [-0.25, -0.2) is 0 Å². The summed E-state index contributed by atoms with van der Waals surface area (Å²) in [6.07, 6.45) is 1.84. The van der Waals surface area contributed by atoms with Crippen molar-refractivity contribution < 1.29 is 14.4 Å². The number of hydrogen-bond donors (Lipinski definition) is 3. The molecule has 1 aromatic heterocycles. The van der Waals surface area contributed by atoms with Crippen LogP contribution in [0.2, 0.25) is 0 Å². The van der Waals surface area contributed by atoms with Gasteiger partial charge in [-0.15, -0.1) is 0 Å². The number of carbonyl (C=O) groups is 1. The van der Waals surface area contributed by atoms with Gasteiger partial charge in [-0.1, -0.05) is 18.2 Å². The second kappa shape index (κ2) is 5.42. The fourth-order valence-electron chi connectivity index (χ4n) is 2.43. The molecule has 1 fully saturated rings. The Morgan fingerprint density at radius 1 is 1.32 bits per heavy atom. The van der Waals surface area contributed by atoms with Gasteiger partial charge in [0.15, 0.2) is 6.54 Å². The Bertz CT molecular complexity index is 573. The fraction of sp³-hybridized carbons (Fsp3) is 0.357. The standard InChI is InChI=1S/C14H17N3O2/c18-14(10-17-5-7-19-8-6-17)16-13-9-15-12-4-2-1-3-11(12)13/h1-4,9,15H,5-8,10H2,(H,16,18)/p+1. The molecule has 1 amide bonds. The van der Waals surface area contributed by atoms with Gasteiger partial charge in [0.2, 0.25) is 0 Å². The van der Waals surface area contributed by atoms with Gasteiger partial charge in [0.05, 0.1) is 18.9 Å². The van der Waals surface area contributed by atoms with Gasteiger partial charge in [-0.05, 0) is 6.07 Å². The largest absolute Gasteiger partial charge is 0.370 e. The van der Waals surface area contributed by atoms with E-state index in [0.29, 0.717) is 6.54 Å². The van der Waals surface area contributed by atoms with Crippen LogP contribution < -0.4 is 10.2 Å². The van der Waals surface area contributed by atoms with Crippen molar-refractivity contribution >= 4 is 22.5 Å². The number of quaternary nitrogens is 1. The van der Waals surface area contributed by atoms with E-state index in [2.05, 4.69) is 10.3 Å². The molecule has 100 valence electrons. The van der Waals surface area contributed by atoms with E-state index >= 15 is 0 Å². The molecule has 2 heterocycles. The number of carbonyl (C=O) groups excluding carboxylic acids is 1. The number of hydrogen-bond acceptors (Lipinski definition) is 2. The first kappa shape index (κ1) is 12.2. The minimum atomic E-state index is 0.0571. The van der Waals surface area contributed by atoms with Crippen molar-refractivity contribution in [2.45, 2.75) is 0 Å². The number of anilines is 1. The highest BCUT2D eigenvalue weighted by molar-refractivity contribution is 6.01. The van der Waals surface area contributed by atoms with Crippen LogP contribution in [0.3, 0.4) is 0 Å². The highest BCUT2D eigenvalue weighted by Gasteiger charge is 2.18. The molecule has 3 rings (SSSR count).